The van der Waals surface area contributed by atoms with E-state index in [9.17, 15) is 0 Å². The lowest BCUT2D eigenvalue weighted by atomic mass is 10.1. The van der Waals surface area contributed by atoms with Crippen molar-refractivity contribution < 1.29 is 4.74 Å². The molecule has 0 saturated carbocycles. The maximum absolute atomic E-state index is 5.75. The van der Waals surface area contributed by atoms with Crippen LogP contribution in [0.3, 0.4) is 0 Å². The van der Waals surface area contributed by atoms with Crippen molar-refractivity contribution >= 4 is 23.5 Å². The van der Waals surface area contributed by atoms with Gasteiger partial charge in [0.15, 0.2) is 0 Å². The van der Waals surface area contributed by atoms with Crippen LogP contribution in [0.4, 0.5) is 0 Å². The predicted octanol–water partition coefficient (Wildman–Crippen LogP) is 2.95. The Morgan fingerprint density at radius 3 is 2.84 bits per heavy atom. The molecule has 2 aliphatic heterocycles. The second-order valence-electron chi connectivity index (χ2n) is 5.30. The molecule has 2 nitrogen and oxygen atoms in total. The molecule has 1 atom stereocenters. The SMILES string of the molecule is C[C@@H]1Cc2cc(CNC3CSCCSC3)ccc2O1. The number of fused-ring (bicyclic) bond motifs is 1. The lowest BCUT2D eigenvalue weighted by molar-refractivity contribution is 0.254. The lowest BCUT2D eigenvalue weighted by Crippen LogP contribution is -2.32. The van der Waals surface area contributed by atoms with Crippen molar-refractivity contribution in [3.05, 3.63) is 29.3 Å². The highest BCUT2D eigenvalue weighted by Gasteiger charge is 2.19. The van der Waals surface area contributed by atoms with Gasteiger partial charge in [-0.1, -0.05) is 12.1 Å². The molecular formula is C15H21NOS2. The van der Waals surface area contributed by atoms with Crippen molar-refractivity contribution in [3.8, 4) is 5.75 Å². The van der Waals surface area contributed by atoms with Crippen LogP contribution in [0.1, 0.15) is 18.1 Å². The van der Waals surface area contributed by atoms with E-state index in [0.717, 1.165) is 18.7 Å². The van der Waals surface area contributed by atoms with Gasteiger partial charge in [0, 0.05) is 42.0 Å². The first-order chi connectivity index (χ1) is 9.31. The maximum atomic E-state index is 5.75. The Kier molecular flexibility index (Phi) is 4.61. The molecule has 1 aromatic carbocycles. The van der Waals surface area contributed by atoms with E-state index in [1.54, 1.807) is 0 Å². The first-order valence-corrected chi connectivity index (χ1v) is 9.29. The Bertz CT molecular complexity index is 430. The molecule has 1 aromatic rings. The third-order valence-corrected chi connectivity index (χ3v) is 6.09. The first-order valence-electron chi connectivity index (χ1n) is 6.98. The molecule has 2 aliphatic rings. The van der Waals surface area contributed by atoms with Crippen LogP contribution in [0.25, 0.3) is 0 Å². The van der Waals surface area contributed by atoms with Crippen molar-refractivity contribution in [2.24, 2.45) is 0 Å². The zero-order chi connectivity index (χ0) is 13.1. The number of ether oxygens (including phenoxy) is 1. The molecular weight excluding hydrogens is 274 g/mol. The Hall–Kier alpha value is -0.320. The van der Waals surface area contributed by atoms with Crippen LogP contribution in [0.2, 0.25) is 0 Å². The van der Waals surface area contributed by atoms with E-state index >= 15 is 0 Å². The van der Waals surface area contributed by atoms with Crippen molar-refractivity contribution in [1.29, 1.82) is 0 Å². The monoisotopic (exact) mass is 295 g/mol. The fourth-order valence-corrected chi connectivity index (χ4v) is 5.05. The summed E-state index contributed by atoms with van der Waals surface area (Å²) in [4.78, 5) is 0. The smallest absolute Gasteiger partial charge is 0.123 e. The van der Waals surface area contributed by atoms with E-state index in [-0.39, 0.29) is 0 Å². The molecule has 0 spiro atoms. The molecule has 104 valence electrons. The summed E-state index contributed by atoms with van der Waals surface area (Å²) in [5.74, 6) is 6.18. The number of hydrogen-bond donors (Lipinski definition) is 1. The van der Waals surface area contributed by atoms with Gasteiger partial charge in [-0.25, -0.2) is 0 Å². The zero-order valence-corrected chi connectivity index (χ0v) is 13.0. The molecule has 1 N–H and O–H groups in total. The third kappa shape index (κ3) is 3.61. The van der Waals surface area contributed by atoms with Crippen LogP contribution in [0.5, 0.6) is 5.75 Å². The molecule has 0 amide bonds. The van der Waals surface area contributed by atoms with Gasteiger partial charge in [0.05, 0.1) is 0 Å². The average molecular weight is 295 g/mol. The highest BCUT2D eigenvalue weighted by molar-refractivity contribution is 8.03. The van der Waals surface area contributed by atoms with Gasteiger partial charge in [-0.15, -0.1) is 0 Å². The minimum atomic E-state index is 0.341. The molecule has 1 fully saturated rings. The van der Waals surface area contributed by atoms with Crippen LogP contribution in [-0.4, -0.2) is 35.2 Å². The molecule has 0 unspecified atom stereocenters. The molecule has 0 radical (unpaired) electrons. The largest absolute Gasteiger partial charge is 0.490 e. The van der Waals surface area contributed by atoms with Crippen molar-refractivity contribution in [2.45, 2.75) is 32.0 Å². The van der Waals surface area contributed by atoms with Gasteiger partial charge in [0.25, 0.3) is 0 Å². The summed E-state index contributed by atoms with van der Waals surface area (Å²) in [5, 5.41) is 3.70. The van der Waals surface area contributed by atoms with Crippen molar-refractivity contribution in [1.82, 2.24) is 5.32 Å². The fraction of sp³-hybridized carbons (Fsp3) is 0.600. The summed E-state index contributed by atoms with van der Waals surface area (Å²) in [6.45, 7) is 3.12. The van der Waals surface area contributed by atoms with Crippen molar-refractivity contribution in [2.75, 3.05) is 23.0 Å². The highest BCUT2D eigenvalue weighted by Crippen LogP contribution is 2.29. The number of hydrogen-bond acceptors (Lipinski definition) is 4. The number of thioether (sulfide) groups is 2. The minimum absolute atomic E-state index is 0.341. The molecule has 4 heteroatoms. The summed E-state index contributed by atoms with van der Waals surface area (Å²) >= 11 is 4.15. The van der Waals surface area contributed by atoms with E-state index in [2.05, 4.69) is 54.0 Å². The van der Waals surface area contributed by atoms with Crippen molar-refractivity contribution in [3.63, 3.8) is 0 Å². The Balaban J connectivity index is 1.57. The highest BCUT2D eigenvalue weighted by atomic mass is 32.2. The summed E-state index contributed by atoms with van der Waals surface area (Å²) in [6.07, 6.45) is 1.39. The quantitative estimate of drug-likeness (QED) is 0.925. The van der Waals surface area contributed by atoms with Crippen LogP contribution in [0, 0.1) is 0 Å². The predicted molar refractivity (Wildman–Crippen MR) is 85.5 cm³/mol. The van der Waals surface area contributed by atoms with Crippen LogP contribution in [0.15, 0.2) is 18.2 Å². The van der Waals surface area contributed by atoms with Gasteiger partial charge in [0.1, 0.15) is 11.9 Å². The standard InChI is InChI=1S/C15H21NOS2/c1-11-6-13-7-12(2-3-15(13)17-11)8-16-14-9-18-4-5-19-10-14/h2-3,7,11,14,16H,4-6,8-10H2,1H3/t11-/m1/s1. The van der Waals surface area contributed by atoms with Gasteiger partial charge in [0.2, 0.25) is 0 Å². The number of nitrogens with one attached hydrogen (secondary N) is 1. The maximum Gasteiger partial charge on any atom is 0.123 e. The minimum Gasteiger partial charge on any atom is -0.490 e. The Morgan fingerprint density at radius 2 is 2.05 bits per heavy atom. The van der Waals surface area contributed by atoms with Gasteiger partial charge in [-0.05, 0) is 24.1 Å². The molecule has 0 aromatic heterocycles. The van der Waals surface area contributed by atoms with Gasteiger partial charge >= 0.3 is 0 Å². The van der Waals surface area contributed by atoms with E-state index in [0.29, 0.717) is 12.1 Å². The zero-order valence-electron chi connectivity index (χ0n) is 11.4. The fourth-order valence-electron chi connectivity index (χ4n) is 2.58. The van der Waals surface area contributed by atoms with Crippen LogP contribution in [-0.2, 0) is 13.0 Å². The van der Waals surface area contributed by atoms with E-state index in [1.807, 2.05) is 0 Å². The number of rotatable bonds is 3. The normalized spacial score (nSPS) is 23.7. The van der Waals surface area contributed by atoms with Crippen LogP contribution < -0.4 is 10.1 Å². The van der Waals surface area contributed by atoms with Gasteiger partial charge < -0.3 is 10.1 Å². The first kappa shape index (κ1) is 13.7. The summed E-state index contributed by atoms with van der Waals surface area (Å²) < 4.78 is 5.75. The third-order valence-electron chi connectivity index (χ3n) is 3.57. The van der Waals surface area contributed by atoms with E-state index in [4.69, 9.17) is 4.74 Å². The summed E-state index contributed by atoms with van der Waals surface area (Å²) in [5.41, 5.74) is 2.76. The molecule has 3 rings (SSSR count). The summed E-state index contributed by atoms with van der Waals surface area (Å²) in [6, 6.07) is 7.29. The van der Waals surface area contributed by atoms with Gasteiger partial charge in [-0.3, -0.25) is 0 Å². The second-order valence-corrected chi connectivity index (χ2v) is 7.60. The van der Waals surface area contributed by atoms with Gasteiger partial charge in [-0.2, -0.15) is 23.5 Å². The molecule has 0 bridgehead atoms. The topological polar surface area (TPSA) is 21.3 Å². The second kappa shape index (κ2) is 6.42. The molecule has 19 heavy (non-hydrogen) atoms. The number of benzene rings is 1. The molecule has 0 aliphatic carbocycles. The molecule has 1 saturated heterocycles. The lowest BCUT2D eigenvalue weighted by Gasteiger charge is -2.15. The van der Waals surface area contributed by atoms with Crippen LogP contribution >= 0.6 is 23.5 Å². The average Bonchev–Trinajstić information content (AvgIpc) is 2.62. The van der Waals surface area contributed by atoms with E-state index in [1.165, 1.54) is 34.1 Å². The Morgan fingerprint density at radius 1 is 1.26 bits per heavy atom. The Labute approximate surface area is 124 Å². The summed E-state index contributed by atoms with van der Waals surface area (Å²) in [7, 11) is 0. The molecule has 2 heterocycles. The van der Waals surface area contributed by atoms with E-state index < -0.39 is 0 Å².